The Bertz CT molecular complexity index is 2290. The SMILES string of the molecule is COC(=O)N[C@H]1CCCCCC=C[C@@H]2C[C@@]2(C(=O)NS(=O)(=O)C2CC2)NC(=O)[C@@H]2C[C@@H](Oc3cc(-c4ccccc4)nc4c3oc3ccccc34)CN2C1=O. The van der Waals surface area contributed by atoms with Crippen LogP contribution >= 0.6 is 0 Å². The number of carbonyl (C=O) groups excluding carboxylic acids is 4. The number of carbonyl (C=O) groups is 4. The quantitative estimate of drug-likeness (QED) is 0.222. The largest absolute Gasteiger partial charge is 0.484 e. The number of para-hydroxylation sites is 1. The molecule has 1 saturated heterocycles. The molecule has 0 unspecified atom stereocenters. The number of hydrogen-bond acceptors (Lipinski definition) is 10. The minimum absolute atomic E-state index is 0.0282. The van der Waals surface area contributed by atoms with E-state index in [9.17, 15) is 27.6 Å². The number of benzene rings is 2. The number of rotatable bonds is 7. The molecular formula is C40H43N5O9S. The summed E-state index contributed by atoms with van der Waals surface area (Å²) in [7, 11) is -2.68. The van der Waals surface area contributed by atoms with E-state index in [1.165, 1.54) is 12.0 Å². The van der Waals surface area contributed by atoms with Gasteiger partial charge >= 0.3 is 6.09 Å². The molecule has 288 valence electrons. The van der Waals surface area contributed by atoms with Gasteiger partial charge in [0, 0.05) is 29.4 Å². The van der Waals surface area contributed by atoms with Crippen molar-refractivity contribution in [1.82, 2.24) is 25.2 Å². The van der Waals surface area contributed by atoms with Crippen LogP contribution in [0.2, 0.25) is 0 Å². The molecule has 15 heteroatoms. The minimum Gasteiger partial charge on any atom is -0.484 e. The Morgan fingerprint density at radius 1 is 1.02 bits per heavy atom. The normalized spacial score (nSPS) is 25.9. The first-order valence-electron chi connectivity index (χ1n) is 18.8. The Hall–Kier alpha value is -5.44. The average Bonchev–Trinajstić information content (AvgIpc) is 4.08. The summed E-state index contributed by atoms with van der Waals surface area (Å²) in [5, 5.41) is 5.71. The third-order valence-corrected chi connectivity index (χ3v) is 12.8. The molecule has 3 N–H and O–H groups in total. The maximum absolute atomic E-state index is 14.4. The number of methoxy groups -OCH3 is 1. The van der Waals surface area contributed by atoms with Gasteiger partial charge in [-0.15, -0.1) is 0 Å². The van der Waals surface area contributed by atoms with E-state index in [1.54, 1.807) is 6.07 Å². The summed E-state index contributed by atoms with van der Waals surface area (Å²) in [5.74, 6) is -1.98. The molecule has 2 aliphatic carbocycles. The summed E-state index contributed by atoms with van der Waals surface area (Å²) in [6, 6.07) is 16.8. The molecule has 4 aromatic rings. The molecule has 4 heterocycles. The fraction of sp³-hybridized carbons (Fsp3) is 0.425. The number of sulfonamides is 1. The smallest absolute Gasteiger partial charge is 0.407 e. The van der Waals surface area contributed by atoms with Crippen LogP contribution in [0.4, 0.5) is 4.79 Å². The van der Waals surface area contributed by atoms with Crippen LogP contribution in [-0.4, -0.2) is 84.7 Å². The van der Waals surface area contributed by atoms with Gasteiger partial charge in [0.25, 0.3) is 5.91 Å². The number of amides is 4. The predicted molar refractivity (Wildman–Crippen MR) is 202 cm³/mol. The van der Waals surface area contributed by atoms with Crippen molar-refractivity contribution < 1.29 is 41.5 Å². The van der Waals surface area contributed by atoms with Crippen molar-refractivity contribution in [3.63, 3.8) is 0 Å². The summed E-state index contributed by atoms with van der Waals surface area (Å²) in [6.07, 6.45) is 6.66. The number of allylic oxidation sites excluding steroid dienone is 1. The second kappa shape index (κ2) is 14.7. The molecule has 0 spiro atoms. The lowest BCUT2D eigenvalue weighted by atomic mass is 10.1. The number of alkyl carbamates (subject to hydrolysis) is 1. The molecule has 4 aliphatic rings. The summed E-state index contributed by atoms with van der Waals surface area (Å²) < 4.78 is 45.7. The lowest BCUT2D eigenvalue weighted by molar-refractivity contribution is -0.141. The Balaban J connectivity index is 1.14. The number of ether oxygens (including phenoxy) is 2. The Kier molecular flexibility index (Phi) is 9.74. The maximum Gasteiger partial charge on any atom is 0.407 e. The number of pyridine rings is 1. The van der Waals surface area contributed by atoms with Crippen LogP contribution in [0.25, 0.3) is 33.3 Å². The zero-order valence-electron chi connectivity index (χ0n) is 30.4. The predicted octanol–water partition coefficient (Wildman–Crippen LogP) is 4.72. The minimum atomic E-state index is -3.90. The molecule has 4 amide bonds. The monoisotopic (exact) mass is 769 g/mol. The van der Waals surface area contributed by atoms with Crippen molar-refractivity contribution in [2.75, 3.05) is 13.7 Å². The molecule has 3 fully saturated rings. The number of nitrogens with zero attached hydrogens (tertiary/aromatic N) is 2. The molecule has 2 aromatic heterocycles. The Morgan fingerprint density at radius 2 is 1.80 bits per heavy atom. The van der Waals surface area contributed by atoms with Crippen molar-refractivity contribution in [2.24, 2.45) is 5.92 Å². The standard InChI is InChI=1S/C40H43N5O9S/c1-52-39(49)42-29-16-9-4-2-3-8-14-25-22-40(25,38(48)44-55(50,51)27-18-19-27)43-36(46)31-20-26(23-45(31)37(29)47)53-33-21-30(24-12-6-5-7-13-24)41-34-28-15-10-11-17-32(28)54-35(33)34/h5-8,10-15,17,21,25-27,29,31H,2-4,9,16,18-20,22-23H2,1H3,(H,42,49)(H,43,46)(H,44,48)/t25-,26-,29+,31+,40-/m1/s1. The van der Waals surface area contributed by atoms with Crippen molar-refractivity contribution in [3.05, 3.63) is 72.8 Å². The second-order valence-corrected chi connectivity index (χ2v) is 16.8. The maximum atomic E-state index is 14.4. The van der Waals surface area contributed by atoms with Crippen LogP contribution in [0.3, 0.4) is 0 Å². The van der Waals surface area contributed by atoms with Crippen molar-refractivity contribution in [2.45, 2.75) is 86.8 Å². The highest BCUT2D eigenvalue weighted by atomic mass is 32.2. The lowest BCUT2D eigenvalue weighted by Crippen LogP contribution is -2.58. The highest BCUT2D eigenvalue weighted by Crippen LogP contribution is 2.46. The Morgan fingerprint density at radius 3 is 2.58 bits per heavy atom. The first-order valence-corrected chi connectivity index (χ1v) is 20.3. The van der Waals surface area contributed by atoms with Crippen LogP contribution in [0, 0.1) is 5.92 Å². The van der Waals surface area contributed by atoms with Crippen LogP contribution < -0.4 is 20.1 Å². The summed E-state index contributed by atoms with van der Waals surface area (Å²) in [6.45, 7) is -0.0282. The fourth-order valence-electron chi connectivity index (χ4n) is 7.72. The van der Waals surface area contributed by atoms with Gasteiger partial charge in [-0.1, -0.05) is 67.5 Å². The van der Waals surface area contributed by atoms with Gasteiger partial charge in [-0.05, 0) is 50.7 Å². The van der Waals surface area contributed by atoms with Gasteiger partial charge in [0.05, 0.1) is 24.6 Å². The number of fused-ring (bicyclic) bond motifs is 5. The van der Waals surface area contributed by atoms with E-state index < -0.39 is 68.7 Å². The van der Waals surface area contributed by atoms with Gasteiger partial charge in [0.15, 0.2) is 11.3 Å². The highest BCUT2D eigenvalue weighted by Gasteiger charge is 2.62. The van der Waals surface area contributed by atoms with Gasteiger partial charge < -0.3 is 29.4 Å². The molecule has 2 aliphatic heterocycles. The first kappa shape index (κ1) is 36.5. The van der Waals surface area contributed by atoms with E-state index >= 15 is 0 Å². The molecule has 5 atom stereocenters. The molecule has 14 nitrogen and oxygen atoms in total. The fourth-order valence-corrected chi connectivity index (χ4v) is 9.09. The van der Waals surface area contributed by atoms with Crippen LogP contribution in [0.5, 0.6) is 5.75 Å². The third-order valence-electron chi connectivity index (χ3n) is 11.0. The van der Waals surface area contributed by atoms with Crippen molar-refractivity contribution in [3.8, 4) is 17.0 Å². The number of hydrogen-bond donors (Lipinski definition) is 3. The molecule has 8 rings (SSSR count). The molecule has 55 heavy (non-hydrogen) atoms. The van der Waals surface area contributed by atoms with E-state index in [0.717, 1.165) is 23.8 Å². The first-order chi connectivity index (χ1) is 26.6. The summed E-state index contributed by atoms with van der Waals surface area (Å²) >= 11 is 0. The number of furan rings is 1. The molecule has 0 radical (unpaired) electrons. The molecule has 2 saturated carbocycles. The summed E-state index contributed by atoms with van der Waals surface area (Å²) in [4.78, 5) is 61.4. The zero-order chi connectivity index (χ0) is 38.3. The van der Waals surface area contributed by atoms with E-state index in [2.05, 4.69) is 15.4 Å². The molecule has 0 bridgehead atoms. The van der Waals surface area contributed by atoms with Crippen molar-refractivity contribution in [1.29, 1.82) is 0 Å². The number of aromatic nitrogens is 1. The van der Waals surface area contributed by atoms with Crippen molar-refractivity contribution >= 4 is 55.9 Å². The summed E-state index contributed by atoms with van der Waals surface area (Å²) in [5.41, 5.74) is 1.60. The second-order valence-electron chi connectivity index (χ2n) is 14.8. The van der Waals surface area contributed by atoms with Gasteiger partial charge in [-0.25, -0.2) is 18.2 Å². The topological polar surface area (TPSA) is 186 Å². The van der Waals surface area contributed by atoms with Gasteiger partial charge in [-0.3, -0.25) is 19.1 Å². The Labute approximate surface area is 318 Å². The van der Waals surface area contributed by atoms with Gasteiger partial charge in [0.1, 0.15) is 34.8 Å². The van der Waals surface area contributed by atoms with E-state index in [1.807, 2.05) is 66.7 Å². The van der Waals surface area contributed by atoms with E-state index in [4.69, 9.17) is 18.9 Å². The number of nitrogens with one attached hydrogen (secondary N) is 3. The lowest BCUT2D eigenvalue weighted by Gasteiger charge is -2.29. The van der Waals surface area contributed by atoms with Gasteiger partial charge in [-0.2, -0.15) is 0 Å². The highest BCUT2D eigenvalue weighted by molar-refractivity contribution is 7.91. The third kappa shape index (κ3) is 7.36. The average molecular weight is 770 g/mol. The molecule has 2 aromatic carbocycles. The zero-order valence-corrected chi connectivity index (χ0v) is 31.2. The van der Waals surface area contributed by atoms with E-state index in [-0.39, 0.29) is 19.4 Å². The van der Waals surface area contributed by atoms with Crippen LogP contribution in [-0.2, 0) is 29.1 Å². The van der Waals surface area contributed by atoms with Gasteiger partial charge in [0.2, 0.25) is 21.8 Å². The van der Waals surface area contributed by atoms with Crippen LogP contribution in [0.1, 0.15) is 57.8 Å². The van der Waals surface area contributed by atoms with Crippen LogP contribution in [0.15, 0.2) is 77.2 Å². The molecular weight excluding hydrogens is 727 g/mol. The van der Waals surface area contributed by atoms with E-state index in [0.29, 0.717) is 60.2 Å².